The van der Waals surface area contributed by atoms with Gasteiger partial charge in [0, 0.05) is 5.56 Å². The number of nitrogens with zero attached hydrogens (tertiary/aromatic N) is 1. The molecular weight excluding hydrogens is 388 g/mol. The molecule has 1 aromatic heterocycles. The average Bonchev–Trinajstić information content (AvgIpc) is 2.97. The van der Waals surface area contributed by atoms with Crippen molar-refractivity contribution in [2.24, 2.45) is 0 Å². The highest BCUT2D eigenvalue weighted by atomic mass is 79.9. The van der Waals surface area contributed by atoms with Gasteiger partial charge in [-0.1, -0.05) is 35.1 Å². The van der Waals surface area contributed by atoms with Gasteiger partial charge in [-0.2, -0.15) is 0 Å². The summed E-state index contributed by atoms with van der Waals surface area (Å²) in [7, 11) is 1.63. The lowest BCUT2D eigenvalue weighted by atomic mass is 10.0. The lowest BCUT2D eigenvalue weighted by Crippen LogP contribution is -2.15. The number of carbonyl (C=O) groups excluding carboxylic acids is 1. The van der Waals surface area contributed by atoms with Gasteiger partial charge in [0.15, 0.2) is 10.9 Å². The molecular formula is C18H19BrN2O2S. The van der Waals surface area contributed by atoms with Crippen LogP contribution in [0.2, 0.25) is 0 Å². The van der Waals surface area contributed by atoms with E-state index in [0.29, 0.717) is 0 Å². The Morgan fingerprint density at radius 2 is 2.04 bits per heavy atom. The number of fused-ring (bicyclic) bond motifs is 1. The third kappa shape index (κ3) is 3.76. The maximum atomic E-state index is 12.4. The molecule has 1 heterocycles. The number of para-hydroxylation sites is 1. The molecule has 4 nitrogen and oxygen atoms in total. The van der Waals surface area contributed by atoms with Gasteiger partial charge in [-0.15, -0.1) is 17.0 Å². The monoisotopic (exact) mass is 406 g/mol. The number of hydrogen-bond acceptors (Lipinski definition) is 5. The summed E-state index contributed by atoms with van der Waals surface area (Å²) in [5.41, 5.74) is 3.66. The second kappa shape index (κ2) is 7.77. The first kappa shape index (κ1) is 18.4. The highest BCUT2D eigenvalue weighted by Crippen LogP contribution is 2.32. The van der Waals surface area contributed by atoms with Crippen LogP contribution in [0.4, 0.5) is 5.13 Å². The van der Waals surface area contributed by atoms with Crippen LogP contribution in [0.5, 0.6) is 5.75 Å². The van der Waals surface area contributed by atoms with Crippen LogP contribution >= 0.6 is 28.3 Å². The van der Waals surface area contributed by atoms with Gasteiger partial charge < -0.3 is 10.1 Å². The van der Waals surface area contributed by atoms with Gasteiger partial charge in [0.05, 0.1) is 18.4 Å². The van der Waals surface area contributed by atoms with E-state index in [1.54, 1.807) is 7.11 Å². The van der Waals surface area contributed by atoms with Crippen LogP contribution in [-0.4, -0.2) is 24.4 Å². The van der Waals surface area contributed by atoms with E-state index < -0.39 is 0 Å². The summed E-state index contributed by atoms with van der Waals surface area (Å²) in [6.07, 6.45) is 0. The lowest BCUT2D eigenvalue weighted by Gasteiger charge is -2.06. The maximum Gasteiger partial charge on any atom is 0.184 e. The molecule has 0 unspecified atom stereocenters. The van der Waals surface area contributed by atoms with Crippen LogP contribution in [-0.2, 0) is 0 Å². The number of anilines is 1. The Bertz CT molecular complexity index is 877. The third-order valence-corrected chi connectivity index (χ3v) is 4.67. The molecule has 1 N–H and O–H groups in total. The Labute approximate surface area is 155 Å². The lowest BCUT2D eigenvalue weighted by molar-refractivity contribution is 0.101. The molecule has 126 valence electrons. The highest BCUT2D eigenvalue weighted by molar-refractivity contribution is 8.93. The summed E-state index contributed by atoms with van der Waals surface area (Å²) in [4.78, 5) is 16.9. The van der Waals surface area contributed by atoms with Gasteiger partial charge in [0.2, 0.25) is 0 Å². The van der Waals surface area contributed by atoms with Crippen LogP contribution in [0.25, 0.3) is 10.2 Å². The molecule has 2 aromatic carbocycles. The molecule has 0 aliphatic rings. The summed E-state index contributed by atoms with van der Waals surface area (Å²) in [6.45, 7) is 4.17. The van der Waals surface area contributed by atoms with Crippen molar-refractivity contribution < 1.29 is 9.53 Å². The zero-order chi connectivity index (χ0) is 16.4. The van der Waals surface area contributed by atoms with E-state index >= 15 is 0 Å². The number of carbonyl (C=O) groups is 1. The normalized spacial score (nSPS) is 10.3. The molecule has 6 heteroatoms. The number of thiazole rings is 1. The van der Waals surface area contributed by atoms with Crippen molar-refractivity contribution in [1.29, 1.82) is 0 Å². The SMILES string of the molecule is Br.COc1cccc2sc(NCC(=O)c3cc(C)ccc3C)nc12. The molecule has 0 amide bonds. The molecule has 0 aliphatic carbocycles. The van der Waals surface area contributed by atoms with Crippen molar-refractivity contribution in [3.05, 3.63) is 53.1 Å². The number of methoxy groups -OCH3 is 1. The number of benzene rings is 2. The first-order valence-corrected chi connectivity index (χ1v) is 8.18. The summed E-state index contributed by atoms with van der Waals surface area (Å²) in [6, 6.07) is 11.7. The Balaban J connectivity index is 0.00000208. The standard InChI is InChI=1S/C18H18N2O2S.BrH/c1-11-7-8-12(2)13(9-11)14(21)10-19-18-20-17-15(22-3)5-4-6-16(17)23-18;/h4-9H,10H2,1-3H3,(H,19,20);1H. The number of hydrogen-bond donors (Lipinski definition) is 1. The Morgan fingerprint density at radius 3 is 2.79 bits per heavy atom. The number of nitrogens with one attached hydrogen (secondary N) is 1. The van der Waals surface area contributed by atoms with Crippen molar-refractivity contribution in [3.8, 4) is 5.75 Å². The van der Waals surface area contributed by atoms with Crippen LogP contribution < -0.4 is 10.1 Å². The molecule has 3 aromatic rings. The second-order valence-electron chi connectivity index (χ2n) is 5.42. The Hall–Kier alpha value is -1.92. The van der Waals surface area contributed by atoms with Gasteiger partial charge in [0.25, 0.3) is 0 Å². The quantitative estimate of drug-likeness (QED) is 0.618. The molecule has 0 aliphatic heterocycles. The van der Waals surface area contributed by atoms with Crippen molar-refractivity contribution in [3.63, 3.8) is 0 Å². The van der Waals surface area contributed by atoms with Crippen molar-refractivity contribution >= 4 is 49.4 Å². The minimum atomic E-state index is 0. The number of Topliss-reactive ketones (excluding diaryl/α,β-unsaturated/α-hetero) is 1. The zero-order valence-corrected chi connectivity index (χ0v) is 16.3. The average molecular weight is 407 g/mol. The van der Waals surface area contributed by atoms with Crippen LogP contribution in [0, 0.1) is 13.8 Å². The van der Waals surface area contributed by atoms with Crippen molar-refractivity contribution in [1.82, 2.24) is 4.98 Å². The zero-order valence-electron chi connectivity index (χ0n) is 13.8. The van der Waals surface area contributed by atoms with E-state index in [2.05, 4.69) is 10.3 Å². The Morgan fingerprint density at radius 1 is 1.25 bits per heavy atom. The van der Waals surface area contributed by atoms with Crippen molar-refractivity contribution in [2.75, 3.05) is 19.0 Å². The fourth-order valence-corrected chi connectivity index (χ4v) is 3.33. The predicted octanol–water partition coefficient (Wildman–Crippen LogP) is 4.79. The smallest absolute Gasteiger partial charge is 0.184 e. The van der Waals surface area contributed by atoms with E-state index in [9.17, 15) is 4.79 Å². The third-order valence-electron chi connectivity index (χ3n) is 3.70. The molecule has 0 spiro atoms. The van der Waals surface area contributed by atoms with Crippen LogP contribution in [0.15, 0.2) is 36.4 Å². The number of ketones is 1. The van der Waals surface area contributed by atoms with Gasteiger partial charge in [0.1, 0.15) is 11.3 Å². The first-order valence-electron chi connectivity index (χ1n) is 7.36. The topological polar surface area (TPSA) is 51.2 Å². The minimum Gasteiger partial charge on any atom is -0.494 e. The summed E-state index contributed by atoms with van der Waals surface area (Å²) in [5, 5.41) is 3.86. The molecule has 0 fully saturated rings. The second-order valence-corrected chi connectivity index (χ2v) is 6.45. The molecule has 24 heavy (non-hydrogen) atoms. The number of rotatable bonds is 5. The number of halogens is 1. The van der Waals surface area contributed by atoms with Crippen LogP contribution in [0.1, 0.15) is 21.5 Å². The largest absolute Gasteiger partial charge is 0.494 e. The number of aromatic nitrogens is 1. The van der Waals surface area contributed by atoms with E-state index in [1.165, 1.54) is 11.3 Å². The van der Waals surface area contributed by atoms with E-state index in [-0.39, 0.29) is 29.3 Å². The van der Waals surface area contributed by atoms with Crippen LogP contribution in [0.3, 0.4) is 0 Å². The molecule has 0 saturated carbocycles. The summed E-state index contributed by atoms with van der Waals surface area (Å²) in [5.74, 6) is 0.810. The fraction of sp³-hybridized carbons (Fsp3) is 0.222. The first-order chi connectivity index (χ1) is 11.1. The van der Waals surface area contributed by atoms with Gasteiger partial charge in [-0.25, -0.2) is 4.98 Å². The highest BCUT2D eigenvalue weighted by Gasteiger charge is 2.12. The number of ether oxygens (including phenoxy) is 1. The molecule has 3 rings (SSSR count). The predicted molar refractivity (Wildman–Crippen MR) is 105 cm³/mol. The van der Waals surface area contributed by atoms with Gasteiger partial charge in [-0.05, 0) is 37.6 Å². The molecule has 0 radical (unpaired) electrons. The van der Waals surface area contributed by atoms with E-state index in [1.807, 2.05) is 50.2 Å². The minimum absolute atomic E-state index is 0. The molecule has 0 atom stereocenters. The number of aryl methyl sites for hydroxylation is 2. The summed E-state index contributed by atoms with van der Waals surface area (Å²) < 4.78 is 6.35. The molecule has 0 bridgehead atoms. The van der Waals surface area contributed by atoms with Gasteiger partial charge in [-0.3, -0.25) is 4.79 Å². The Kier molecular flexibility index (Phi) is 5.96. The van der Waals surface area contributed by atoms with Gasteiger partial charge >= 0.3 is 0 Å². The van der Waals surface area contributed by atoms with E-state index in [4.69, 9.17) is 4.74 Å². The molecule has 0 saturated heterocycles. The van der Waals surface area contributed by atoms with Crippen molar-refractivity contribution in [2.45, 2.75) is 13.8 Å². The maximum absolute atomic E-state index is 12.4. The summed E-state index contributed by atoms with van der Waals surface area (Å²) >= 11 is 1.52. The fourth-order valence-electron chi connectivity index (χ4n) is 2.45. The van der Waals surface area contributed by atoms with E-state index in [0.717, 1.165) is 37.8 Å².